The number of aromatic nitrogens is 1. The van der Waals surface area contributed by atoms with Crippen LogP contribution < -0.4 is 4.90 Å². The summed E-state index contributed by atoms with van der Waals surface area (Å²) < 4.78 is 0. The maximum Gasteiger partial charge on any atom is 0.355 e. The van der Waals surface area contributed by atoms with Gasteiger partial charge in [-0.25, -0.2) is 9.78 Å². The zero-order chi connectivity index (χ0) is 12.6. The van der Waals surface area contributed by atoms with Crippen molar-refractivity contribution in [1.82, 2.24) is 9.88 Å². The fourth-order valence-electron chi connectivity index (χ4n) is 2.07. The Bertz CT molecular complexity index is 409. The molecule has 1 aromatic rings. The predicted octanol–water partition coefficient (Wildman–Crippen LogP) is 1.37. The summed E-state index contributed by atoms with van der Waals surface area (Å²) in [5, 5.41) is 11.3. The number of aromatic carboxylic acids is 1. The summed E-state index contributed by atoms with van der Waals surface area (Å²) in [5.74, 6) is -0.956. The molecule has 6 heteroatoms. The largest absolute Gasteiger partial charge is 0.476 e. The van der Waals surface area contributed by atoms with E-state index in [4.69, 9.17) is 5.11 Å². The van der Waals surface area contributed by atoms with Crippen LogP contribution in [0.4, 0.5) is 5.13 Å². The topological polar surface area (TPSA) is 56.7 Å². The highest BCUT2D eigenvalue weighted by molar-refractivity contribution is 7.13. The average molecular weight is 255 g/mol. The second kappa shape index (κ2) is 4.62. The molecule has 1 fully saturated rings. The van der Waals surface area contributed by atoms with Gasteiger partial charge in [0.1, 0.15) is 0 Å². The molecule has 17 heavy (non-hydrogen) atoms. The Labute approximate surface area is 105 Å². The van der Waals surface area contributed by atoms with E-state index in [-0.39, 0.29) is 5.69 Å². The lowest BCUT2D eigenvalue weighted by atomic mass is 10.1. The van der Waals surface area contributed by atoms with E-state index < -0.39 is 5.97 Å². The van der Waals surface area contributed by atoms with Crippen molar-refractivity contribution < 1.29 is 9.90 Å². The SMILES string of the molecule is CC1CN(c2nc(C(=O)O)cs2)CC(C)N1C. The summed E-state index contributed by atoms with van der Waals surface area (Å²) in [4.78, 5) is 19.5. The highest BCUT2D eigenvalue weighted by Crippen LogP contribution is 2.25. The van der Waals surface area contributed by atoms with Crippen LogP contribution in [0.15, 0.2) is 5.38 Å². The quantitative estimate of drug-likeness (QED) is 0.865. The van der Waals surface area contributed by atoms with Crippen LogP contribution in [0.2, 0.25) is 0 Å². The van der Waals surface area contributed by atoms with E-state index in [2.05, 4.69) is 35.7 Å². The van der Waals surface area contributed by atoms with E-state index in [1.165, 1.54) is 11.3 Å². The molecule has 0 aliphatic carbocycles. The van der Waals surface area contributed by atoms with E-state index in [1.807, 2.05) is 0 Å². The average Bonchev–Trinajstić information content (AvgIpc) is 2.74. The van der Waals surface area contributed by atoms with Gasteiger partial charge in [-0.2, -0.15) is 0 Å². The van der Waals surface area contributed by atoms with Gasteiger partial charge in [-0.05, 0) is 20.9 Å². The van der Waals surface area contributed by atoms with Crippen LogP contribution in [0.3, 0.4) is 0 Å². The van der Waals surface area contributed by atoms with E-state index in [9.17, 15) is 4.79 Å². The van der Waals surface area contributed by atoms with Gasteiger partial charge in [-0.15, -0.1) is 11.3 Å². The molecule has 1 aromatic heterocycles. The number of piperazine rings is 1. The summed E-state index contributed by atoms with van der Waals surface area (Å²) in [6.45, 7) is 6.14. The molecule has 0 radical (unpaired) electrons. The van der Waals surface area contributed by atoms with Gasteiger partial charge in [-0.3, -0.25) is 4.90 Å². The number of carboxylic acid groups (broad SMARTS) is 1. The number of rotatable bonds is 2. The second-order valence-electron chi connectivity index (χ2n) is 4.59. The van der Waals surface area contributed by atoms with Crippen molar-refractivity contribution in [3.63, 3.8) is 0 Å². The normalized spacial score (nSPS) is 26.2. The maximum absolute atomic E-state index is 10.8. The van der Waals surface area contributed by atoms with Crippen LogP contribution in [-0.4, -0.2) is 53.2 Å². The molecule has 0 saturated carbocycles. The Hall–Kier alpha value is -1.14. The molecule has 94 valence electrons. The first kappa shape index (κ1) is 12.3. The van der Waals surface area contributed by atoms with E-state index >= 15 is 0 Å². The second-order valence-corrected chi connectivity index (χ2v) is 5.43. The van der Waals surface area contributed by atoms with Crippen LogP contribution in [-0.2, 0) is 0 Å². The Balaban J connectivity index is 2.14. The van der Waals surface area contributed by atoms with Gasteiger partial charge in [0, 0.05) is 30.6 Å². The third kappa shape index (κ3) is 2.42. The molecule has 0 bridgehead atoms. The minimum absolute atomic E-state index is 0.143. The first-order valence-electron chi connectivity index (χ1n) is 5.64. The van der Waals surface area contributed by atoms with E-state index in [0.29, 0.717) is 12.1 Å². The van der Waals surface area contributed by atoms with Crippen molar-refractivity contribution in [3.05, 3.63) is 11.1 Å². The number of carboxylic acids is 1. The number of anilines is 1. The Morgan fingerprint density at radius 1 is 1.47 bits per heavy atom. The molecular weight excluding hydrogens is 238 g/mol. The summed E-state index contributed by atoms with van der Waals surface area (Å²) >= 11 is 1.41. The van der Waals surface area contributed by atoms with Crippen LogP contribution in [0.25, 0.3) is 0 Å². The summed E-state index contributed by atoms with van der Waals surface area (Å²) in [6.07, 6.45) is 0. The van der Waals surface area contributed by atoms with Crippen LogP contribution >= 0.6 is 11.3 Å². The van der Waals surface area contributed by atoms with Gasteiger partial charge in [0.2, 0.25) is 0 Å². The molecule has 1 N–H and O–H groups in total. The molecule has 2 rings (SSSR count). The van der Waals surface area contributed by atoms with Gasteiger partial charge in [-0.1, -0.05) is 0 Å². The lowest BCUT2D eigenvalue weighted by Crippen LogP contribution is -2.55. The molecule has 2 heterocycles. The van der Waals surface area contributed by atoms with Crippen molar-refractivity contribution in [1.29, 1.82) is 0 Å². The standard InChI is InChI=1S/C11H17N3O2S/c1-7-4-14(5-8(2)13(7)3)11-12-9(6-17-11)10(15)16/h6-8H,4-5H2,1-3H3,(H,15,16). The number of hydrogen-bond donors (Lipinski definition) is 1. The Morgan fingerprint density at radius 2 is 2.06 bits per heavy atom. The third-order valence-corrected chi connectivity index (χ3v) is 4.24. The number of likely N-dealkylation sites (N-methyl/N-ethyl adjacent to an activating group) is 1. The molecule has 0 aromatic carbocycles. The van der Waals surface area contributed by atoms with Gasteiger partial charge in [0.15, 0.2) is 10.8 Å². The van der Waals surface area contributed by atoms with Crippen LogP contribution in [0.1, 0.15) is 24.3 Å². The minimum atomic E-state index is -0.956. The number of hydrogen-bond acceptors (Lipinski definition) is 5. The Morgan fingerprint density at radius 3 is 2.53 bits per heavy atom. The van der Waals surface area contributed by atoms with Gasteiger partial charge >= 0.3 is 5.97 Å². The first-order valence-corrected chi connectivity index (χ1v) is 6.52. The lowest BCUT2D eigenvalue weighted by Gasteiger charge is -2.42. The fourth-order valence-corrected chi connectivity index (χ4v) is 2.89. The molecule has 0 amide bonds. The molecule has 2 unspecified atom stereocenters. The molecule has 5 nitrogen and oxygen atoms in total. The molecular formula is C11H17N3O2S. The lowest BCUT2D eigenvalue weighted by molar-refractivity contribution is 0.0691. The Kier molecular flexibility index (Phi) is 3.35. The first-order chi connectivity index (χ1) is 7.99. The number of nitrogens with zero attached hydrogens (tertiary/aromatic N) is 3. The van der Waals surface area contributed by atoms with Gasteiger partial charge < -0.3 is 10.0 Å². The summed E-state index contributed by atoms with van der Waals surface area (Å²) in [5.41, 5.74) is 0.143. The molecule has 2 atom stereocenters. The predicted molar refractivity (Wildman–Crippen MR) is 68.0 cm³/mol. The van der Waals surface area contributed by atoms with Gasteiger partial charge in [0.05, 0.1) is 0 Å². The number of carbonyl (C=O) groups is 1. The highest BCUT2D eigenvalue weighted by atomic mass is 32.1. The molecule has 0 spiro atoms. The maximum atomic E-state index is 10.8. The third-order valence-electron chi connectivity index (χ3n) is 3.34. The monoisotopic (exact) mass is 255 g/mol. The minimum Gasteiger partial charge on any atom is -0.476 e. The smallest absolute Gasteiger partial charge is 0.355 e. The van der Waals surface area contributed by atoms with Crippen LogP contribution in [0, 0.1) is 0 Å². The zero-order valence-corrected chi connectivity index (χ0v) is 11.1. The van der Waals surface area contributed by atoms with Gasteiger partial charge in [0.25, 0.3) is 0 Å². The number of thiazole rings is 1. The van der Waals surface area contributed by atoms with Crippen molar-refractivity contribution in [2.45, 2.75) is 25.9 Å². The molecule has 1 aliphatic rings. The zero-order valence-electron chi connectivity index (χ0n) is 10.3. The molecule has 1 saturated heterocycles. The van der Waals surface area contributed by atoms with Crippen LogP contribution in [0.5, 0.6) is 0 Å². The van der Waals surface area contributed by atoms with Crippen molar-refractivity contribution >= 4 is 22.4 Å². The summed E-state index contributed by atoms with van der Waals surface area (Å²) in [6, 6.07) is 0.909. The van der Waals surface area contributed by atoms with E-state index in [0.717, 1.165) is 18.2 Å². The molecule has 1 aliphatic heterocycles. The summed E-state index contributed by atoms with van der Waals surface area (Å²) in [7, 11) is 2.12. The van der Waals surface area contributed by atoms with Crippen molar-refractivity contribution in [2.24, 2.45) is 0 Å². The highest BCUT2D eigenvalue weighted by Gasteiger charge is 2.28. The van der Waals surface area contributed by atoms with E-state index in [1.54, 1.807) is 5.38 Å². The fraction of sp³-hybridized carbons (Fsp3) is 0.636. The van der Waals surface area contributed by atoms with Crippen molar-refractivity contribution in [2.75, 3.05) is 25.0 Å². The van der Waals surface area contributed by atoms with Crippen molar-refractivity contribution in [3.8, 4) is 0 Å².